The number of halogens is 1. The molecule has 2 aromatic carbocycles. The van der Waals surface area contributed by atoms with Crippen molar-refractivity contribution in [2.45, 2.75) is 24.5 Å². The highest BCUT2D eigenvalue weighted by atomic mass is 32.2. The zero-order chi connectivity index (χ0) is 14.7. The normalized spacial score (nSPS) is 10.6. The second-order valence-electron chi connectivity index (χ2n) is 4.73. The number of nitrogen functional groups attached to an aromatic ring is 1. The van der Waals surface area contributed by atoms with Crippen LogP contribution in [0.2, 0.25) is 0 Å². The maximum atomic E-state index is 14.1. The Labute approximate surface area is 122 Å². The summed E-state index contributed by atoms with van der Waals surface area (Å²) in [7, 11) is 0. The fraction of sp³-hybridized carbons (Fsp3) is 0.188. The average molecular weight is 288 g/mol. The number of amidine groups is 1. The zero-order valence-corrected chi connectivity index (χ0v) is 12.4. The van der Waals surface area contributed by atoms with Gasteiger partial charge in [-0.15, -0.1) is 11.8 Å². The maximum absolute atomic E-state index is 14.1. The van der Waals surface area contributed by atoms with Gasteiger partial charge in [0.25, 0.3) is 0 Å². The molecule has 0 aromatic heterocycles. The Morgan fingerprint density at radius 1 is 1.20 bits per heavy atom. The second kappa shape index (κ2) is 6.09. The molecule has 0 aliphatic heterocycles. The van der Waals surface area contributed by atoms with Crippen LogP contribution in [0.4, 0.5) is 4.39 Å². The van der Waals surface area contributed by atoms with E-state index in [-0.39, 0.29) is 11.4 Å². The molecule has 0 unspecified atom stereocenters. The van der Waals surface area contributed by atoms with Crippen LogP contribution in [-0.4, -0.2) is 5.84 Å². The molecule has 0 radical (unpaired) electrons. The molecule has 0 aliphatic carbocycles. The number of nitrogens with two attached hydrogens (primary N) is 1. The second-order valence-corrected chi connectivity index (χ2v) is 5.78. The number of hydrogen-bond donors (Lipinski definition) is 2. The van der Waals surface area contributed by atoms with Crippen LogP contribution in [0.5, 0.6) is 0 Å². The minimum absolute atomic E-state index is 0.170. The maximum Gasteiger partial charge on any atom is 0.138 e. The Bertz CT molecular complexity index is 653. The molecule has 0 bridgehead atoms. The largest absolute Gasteiger partial charge is 0.384 e. The lowest BCUT2D eigenvalue weighted by Crippen LogP contribution is -2.14. The quantitative estimate of drug-likeness (QED) is 0.507. The molecule has 0 aliphatic rings. The molecule has 0 spiro atoms. The van der Waals surface area contributed by atoms with Gasteiger partial charge in [-0.3, -0.25) is 5.41 Å². The topological polar surface area (TPSA) is 49.9 Å². The molecule has 0 heterocycles. The van der Waals surface area contributed by atoms with E-state index in [2.05, 4.69) is 26.0 Å². The monoisotopic (exact) mass is 288 g/mol. The van der Waals surface area contributed by atoms with Gasteiger partial charge in [0.2, 0.25) is 0 Å². The number of rotatable bonds is 4. The third-order valence-electron chi connectivity index (χ3n) is 3.24. The van der Waals surface area contributed by atoms with Gasteiger partial charge in [-0.05, 0) is 48.7 Å². The molecule has 0 atom stereocenters. The van der Waals surface area contributed by atoms with Gasteiger partial charge in [0.15, 0.2) is 0 Å². The summed E-state index contributed by atoms with van der Waals surface area (Å²) in [5.41, 5.74) is 8.58. The van der Waals surface area contributed by atoms with Crippen molar-refractivity contribution < 1.29 is 4.39 Å². The van der Waals surface area contributed by atoms with E-state index in [0.29, 0.717) is 11.3 Å². The van der Waals surface area contributed by atoms with Crippen molar-refractivity contribution in [1.82, 2.24) is 0 Å². The van der Waals surface area contributed by atoms with Crippen LogP contribution in [0, 0.1) is 25.1 Å². The van der Waals surface area contributed by atoms with E-state index >= 15 is 0 Å². The van der Waals surface area contributed by atoms with Crippen molar-refractivity contribution >= 4 is 17.6 Å². The first-order valence-corrected chi connectivity index (χ1v) is 7.29. The van der Waals surface area contributed by atoms with E-state index in [1.807, 2.05) is 6.07 Å². The van der Waals surface area contributed by atoms with Crippen molar-refractivity contribution in [2.24, 2.45) is 5.73 Å². The third-order valence-corrected chi connectivity index (χ3v) is 4.28. The molecule has 2 rings (SSSR count). The van der Waals surface area contributed by atoms with E-state index in [1.54, 1.807) is 23.9 Å². The lowest BCUT2D eigenvalue weighted by molar-refractivity contribution is 0.614. The number of aryl methyl sites for hydroxylation is 2. The molecule has 0 saturated carbocycles. The summed E-state index contributed by atoms with van der Waals surface area (Å²) in [6.07, 6.45) is 0. The number of thioether (sulfide) groups is 1. The molecule has 0 amide bonds. The summed E-state index contributed by atoms with van der Waals surface area (Å²) in [5.74, 6) is -0.105. The highest BCUT2D eigenvalue weighted by Crippen LogP contribution is 2.26. The fourth-order valence-corrected chi connectivity index (χ4v) is 2.83. The van der Waals surface area contributed by atoms with Crippen LogP contribution >= 0.6 is 11.8 Å². The van der Waals surface area contributed by atoms with E-state index in [9.17, 15) is 4.39 Å². The van der Waals surface area contributed by atoms with Crippen molar-refractivity contribution in [3.05, 3.63) is 64.5 Å². The van der Waals surface area contributed by atoms with Crippen molar-refractivity contribution in [3.8, 4) is 0 Å². The Kier molecular flexibility index (Phi) is 4.45. The Morgan fingerprint density at radius 2 is 1.95 bits per heavy atom. The van der Waals surface area contributed by atoms with Gasteiger partial charge in [0.05, 0.1) is 5.56 Å². The standard InChI is InChI=1S/C16H17FN2S/c1-10-6-7-13(8-11(10)2)20-9-12-4-3-5-14(15(12)17)16(18)19/h3-8H,9H2,1-2H3,(H3,18,19). The van der Waals surface area contributed by atoms with Crippen LogP contribution in [-0.2, 0) is 5.75 Å². The molecule has 4 heteroatoms. The fourth-order valence-electron chi connectivity index (χ4n) is 1.86. The van der Waals surface area contributed by atoms with Crippen LogP contribution in [0.1, 0.15) is 22.3 Å². The molecule has 3 N–H and O–H groups in total. The first kappa shape index (κ1) is 14.6. The zero-order valence-electron chi connectivity index (χ0n) is 11.5. The van der Waals surface area contributed by atoms with E-state index in [4.69, 9.17) is 11.1 Å². The molecule has 0 saturated heterocycles. The minimum atomic E-state index is -0.392. The summed E-state index contributed by atoms with van der Waals surface area (Å²) in [5, 5.41) is 7.35. The predicted molar refractivity (Wildman–Crippen MR) is 82.9 cm³/mol. The van der Waals surface area contributed by atoms with Gasteiger partial charge in [-0.2, -0.15) is 0 Å². The summed E-state index contributed by atoms with van der Waals surface area (Å²) in [6, 6.07) is 11.2. The molecule has 2 nitrogen and oxygen atoms in total. The molecular formula is C16H17FN2S. The molecular weight excluding hydrogens is 271 g/mol. The Morgan fingerprint density at radius 3 is 2.60 bits per heavy atom. The van der Waals surface area contributed by atoms with Gasteiger partial charge in [-0.1, -0.05) is 18.2 Å². The van der Waals surface area contributed by atoms with Gasteiger partial charge >= 0.3 is 0 Å². The van der Waals surface area contributed by atoms with Crippen molar-refractivity contribution in [2.75, 3.05) is 0 Å². The van der Waals surface area contributed by atoms with E-state index in [0.717, 1.165) is 4.90 Å². The van der Waals surface area contributed by atoms with Gasteiger partial charge in [0.1, 0.15) is 11.7 Å². The van der Waals surface area contributed by atoms with Crippen LogP contribution in [0.3, 0.4) is 0 Å². The smallest absolute Gasteiger partial charge is 0.138 e. The highest BCUT2D eigenvalue weighted by molar-refractivity contribution is 7.98. The number of benzene rings is 2. The molecule has 2 aromatic rings. The van der Waals surface area contributed by atoms with E-state index in [1.165, 1.54) is 17.2 Å². The Balaban J connectivity index is 2.17. The number of nitrogens with one attached hydrogen (secondary N) is 1. The lowest BCUT2D eigenvalue weighted by Gasteiger charge is -2.08. The summed E-state index contributed by atoms with van der Waals surface area (Å²) < 4.78 is 14.1. The summed E-state index contributed by atoms with van der Waals surface area (Å²) >= 11 is 1.58. The van der Waals surface area contributed by atoms with Crippen molar-refractivity contribution in [1.29, 1.82) is 5.41 Å². The van der Waals surface area contributed by atoms with Crippen LogP contribution in [0.15, 0.2) is 41.3 Å². The SMILES string of the molecule is Cc1ccc(SCc2cccc(C(=N)N)c2F)cc1C. The van der Waals surface area contributed by atoms with Gasteiger partial charge < -0.3 is 5.73 Å². The van der Waals surface area contributed by atoms with Crippen LogP contribution in [0.25, 0.3) is 0 Å². The summed E-state index contributed by atoms with van der Waals surface area (Å²) in [6.45, 7) is 4.14. The third kappa shape index (κ3) is 3.20. The average Bonchev–Trinajstić information content (AvgIpc) is 2.41. The first-order valence-electron chi connectivity index (χ1n) is 6.31. The lowest BCUT2D eigenvalue weighted by atomic mass is 10.1. The highest BCUT2D eigenvalue weighted by Gasteiger charge is 2.10. The van der Waals surface area contributed by atoms with Gasteiger partial charge in [-0.25, -0.2) is 4.39 Å². The van der Waals surface area contributed by atoms with E-state index < -0.39 is 5.82 Å². The van der Waals surface area contributed by atoms with Crippen LogP contribution < -0.4 is 5.73 Å². The first-order chi connectivity index (χ1) is 9.49. The van der Waals surface area contributed by atoms with Crippen molar-refractivity contribution in [3.63, 3.8) is 0 Å². The number of hydrogen-bond acceptors (Lipinski definition) is 2. The molecule has 20 heavy (non-hydrogen) atoms. The predicted octanol–water partition coefficient (Wildman–Crippen LogP) is 4.02. The Hall–Kier alpha value is -1.81. The molecule has 0 fully saturated rings. The van der Waals surface area contributed by atoms with Gasteiger partial charge in [0, 0.05) is 10.6 Å². The molecule has 104 valence electrons. The summed E-state index contributed by atoms with van der Waals surface area (Å²) in [4.78, 5) is 1.11. The minimum Gasteiger partial charge on any atom is -0.384 e.